The molecular formula is C13H20N4OS. The number of rotatable bonds is 6. The Balaban J connectivity index is 1.65. The third-order valence-electron chi connectivity index (χ3n) is 3.65. The summed E-state index contributed by atoms with van der Waals surface area (Å²) in [6, 6.07) is 0. The maximum absolute atomic E-state index is 5.66. The highest BCUT2D eigenvalue weighted by molar-refractivity contribution is 7.71. The normalized spacial score (nSPS) is 15.5. The Bertz CT molecular complexity index is 635. The lowest BCUT2D eigenvalue weighted by Gasteiger charge is -2.06. The van der Waals surface area contributed by atoms with Crippen LogP contribution in [0.25, 0.3) is 11.2 Å². The summed E-state index contributed by atoms with van der Waals surface area (Å²) in [4.78, 5) is 3.24. The van der Waals surface area contributed by atoms with Crippen LogP contribution >= 0.6 is 12.2 Å². The summed E-state index contributed by atoms with van der Waals surface area (Å²) < 4.78 is 10.4. The number of aromatic nitrogens is 4. The van der Waals surface area contributed by atoms with Gasteiger partial charge in [0, 0.05) is 26.8 Å². The lowest BCUT2D eigenvalue weighted by Crippen LogP contribution is -2.06. The number of ether oxygens (including phenoxy) is 1. The van der Waals surface area contributed by atoms with Gasteiger partial charge in [-0.2, -0.15) is 5.10 Å². The number of imidazole rings is 1. The molecule has 1 saturated carbocycles. The molecule has 0 radical (unpaired) electrons. The van der Waals surface area contributed by atoms with Crippen LogP contribution in [0, 0.1) is 17.6 Å². The lowest BCUT2D eigenvalue weighted by molar-refractivity contribution is 0.119. The van der Waals surface area contributed by atoms with Crippen LogP contribution in [-0.2, 0) is 18.3 Å². The van der Waals surface area contributed by atoms with Gasteiger partial charge >= 0.3 is 0 Å². The van der Waals surface area contributed by atoms with Gasteiger partial charge in [0.1, 0.15) is 5.52 Å². The Morgan fingerprint density at radius 3 is 3.00 bits per heavy atom. The summed E-state index contributed by atoms with van der Waals surface area (Å²) in [6.07, 6.45) is 3.67. The van der Waals surface area contributed by atoms with E-state index in [4.69, 9.17) is 17.0 Å². The van der Waals surface area contributed by atoms with Gasteiger partial charge in [0.2, 0.25) is 0 Å². The molecule has 6 heteroatoms. The van der Waals surface area contributed by atoms with E-state index in [1.807, 2.05) is 18.7 Å². The summed E-state index contributed by atoms with van der Waals surface area (Å²) >= 11 is 5.38. The van der Waals surface area contributed by atoms with E-state index in [0.29, 0.717) is 0 Å². The number of aromatic amines is 1. The number of hydrogen-bond acceptors (Lipinski definition) is 3. The molecule has 1 N–H and O–H groups in total. The van der Waals surface area contributed by atoms with E-state index in [0.717, 1.165) is 53.7 Å². The van der Waals surface area contributed by atoms with E-state index in [2.05, 4.69) is 14.6 Å². The van der Waals surface area contributed by atoms with Gasteiger partial charge in [-0.25, -0.2) is 0 Å². The number of hydrogen-bond donors (Lipinski definition) is 1. The molecule has 0 atom stereocenters. The molecule has 0 amide bonds. The average Bonchev–Trinajstić information content (AvgIpc) is 3.07. The van der Waals surface area contributed by atoms with Crippen molar-refractivity contribution < 1.29 is 4.74 Å². The maximum Gasteiger partial charge on any atom is 0.179 e. The van der Waals surface area contributed by atoms with Crippen LogP contribution in [0.3, 0.4) is 0 Å². The van der Waals surface area contributed by atoms with E-state index < -0.39 is 0 Å². The minimum atomic E-state index is 0.772. The van der Waals surface area contributed by atoms with Crippen molar-refractivity contribution in [3.8, 4) is 0 Å². The van der Waals surface area contributed by atoms with E-state index in [9.17, 15) is 0 Å². The fourth-order valence-corrected chi connectivity index (χ4v) is 2.72. The molecule has 0 saturated heterocycles. The minimum absolute atomic E-state index is 0.772. The smallest absolute Gasteiger partial charge is 0.179 e. The number of fused-ring (bicyclic) bond motifs is 1. The first-order chi connectivity index (χ1) is 9.16. The molecule has 19 heavy (non-hydrogen) atoms. The van der Waals surface area contributed by atoms with Gasteiger partial charge in [0.25, 0.3) is 0 Å². The summed E-state index contributed by atoms with van der Waals surface area (Å²) in [5.74, 6) is 0.834. The van der Waals surface area contributed by atoms with Crippen molar-refractivity contribution in [2.24, 2.45) is 13.0 Å². The molecule has 0 aliphatic heterocycles. The zero-order chi connectivity index (χ0) is 13.4. The fraction of sp³-hybridized carbons (Fsp3) is 0.692. The topological polar surface area (TPSA) is 47.8 Å². The van der Waals surface area contributed by atoms with Gasteiger partial charge < -0.3 is 14.3 Å². The molecule has 0 aromatic carbocycles. The van der Waals surface area contributed by atoms with Crippen LogP contribution in [0.15, 0.2) is 0 Å². The first kappa shape index (κ1) is 12.9. The van der Waals surface area contributed by atoms with E-state index in [-0.39, 0.29) is 0 Å². The Labute approximate surface area is 117 Å². The van der Waals surface area contributed by atoms with Crippen LogP contribution < -0.4 is 0 Å². The largest absolute Gasteiger partial charge is 0.381 e. The van der Waals surface area contributed by atoms with Crippen LogP contribution in [0.1, 0.15) is 25.0 Å². The van der Waals surface area contributed by atoms with Crippen molar-refractivity contribution in [3.05, 3.63) is 10.5 Å². The predicted octanol–water partition coefficient (Wildman–Crippen LogP) is 2.56. The van der Waals surface area contributed by atoms with Gasteiger partial charge in [-0.05, 0) is 44.3 Å². The first-order valence-electron chi connectivity index (χ1n) is 6.86. The molecule has 5 nitrogen and oxygen atoms in total. The van der Waals surface area contributed by atoms with Crippen molar-refractivity contribution in [2.45, 2.75) is 32.7 Å². The zero-order valence-corrected chi connectivity index (χ0v) is 12.3. The third kappa shape index (κ3) is 2.60. The highest BCUT2D eigenvalue weighted by atomic mass is 32.1. The third-order valence-corrected chi connectivity index (χ3v) is 3.97. The molecule has 0 bridgehead atoms. The first-order valence-corrected chi connectivity index (χ1v) is 7.27. The zero-order valence-electron chi connectivity index (χ0n) is 11.5. The molecule has 0 unspecified atom stereocenters. The number of nitrogens with zero attached hydrogens (tertiary/aromatic N) is 3. The molecule has 2 heterocycles. The molecule has 2 aromatic rings. The van der Waals surface area contributed by atoms with Crippen LogP contribution in [0.2, 0.25) is 0 Å². The van der Waals surface area contributed by atoms with Gasteiger partial charge in [0.15, 0.2) is 10.4 Å². The van der Waals surface area contributed by atoms with Gasteiger partial charge in [-0.1, -0.05) is 0 Å². The molecule has 1 fully saturated rings. The second kappa shape index (κ2) is 5.09. The van der Waals surface area contributed by atoms with Crippen molar-refractivity contribution in [3.63, 3.8) is 0 Å². The predicted molar refractivity (Wildman–Crippen MR) is 76.8 cm³/mol. The SMILES string of the molecule is Cc1nn(C)c2c1[nH]c(=S)n2CCCOCC1CC1. The van der Waals surface area contributed by atoms with Crippen LogP contribution in [0.5, 0.6) is 0 Å². The molecule has 1 aliphatic carbocycles. The molecule has 3 rings (SSSR count). The highest BCUT2D eigenvalue weighted by Gasteiger charge is 2.20. The fourth-order valence-electron chi connectivity index (χ4n) is 2.44. The quantitative estimate of drug-likeness (QED) is 0.653. The Kier molecular flexibility index (Phi) is 3.45. The van der Waals surface area contributed by atoms with Crippen molar-refractivity contribution in [2.75, 3.05) is 13.2 Å². The molecular weight excluding hydrogens is 260 g/mol. The lowest BCUT2D eigenvalue weighted by atomic mass is 10.4. The number of nitrogens with one attached hydrogen (secondary N) is 1. The van der Waals surface area contributed by atoms with Crippen LogP contribution in [0.4, 0.5) is 0 Å². The molecule has 1 aliphatic rings. The van der Waals surface area contributed by atoms with E-state index >= 15 is 0 Å². The Hall–Kier alpha value is -1.14. The van der Waals surface area contributed by atoms with E-state index in [1.54, 1.807) is 0 Å². The second-order valence-corrected chi connectivity index (χ2v) is 5.75. The summed E-state index contributed by atoms with van der Waals surface area (Å²) in [5.41, 5.74) is 3.11. The summed E-state index contributed by atoms with van der Waals surface area (Å²) in [6.45, 7) is 4.61. The highest BCUT2D eigenvalue weighted by Crippen LogP contribution is 2.28. The van der Waals surface area contributed by atoms with Gasteiger partial charge in [0.05, 0.1) is 5.69 Å². The standard InChI is InChI=1S/C13H20N4OS/c1-9-11-12(16(2)15-9)17(13(19)14-11)6-3-7-18-8-10-4-5-10/h10H,3-8H2,1-2H3,(H,14,19). The monoisotopic (exact) mass is 280 g/mol. The maximum atomic E-state index is 5.66. The molecule has 0 spiro atoms. The van der Waals surface area contributed by atoms with Crippen molar-refractivity contribution >= 4 is 23.4 Å². The molecule has 104 valence electrons. The van der Waals surface area contributed by atoms with Gasteiger partial charge in [-0.15, -0.1) is 0 Å². The second-order valence-electron chi connectivity index (χ2n) is 5.36. The van der Waals surface area contributed by atoms with E-state index in [1.165, 1.54) is 12.8 Å². The average molecular weight is 280 g/mol. The Morgan fingerprint density at radius 2 is 2.26 bits per heavy atom. The van der Waals surface area contributed by atoms with Crippen LogP contribution in [-0.4, -0.2) is 32.5 Å². The van der Waals surface area contributed by atoms with Crippen molar-refractivity contribution in [1.29, 1.82) is 0 Å². The van der Waals surface area contributed by atoms with Gasteiger partial charge in [-0.3, -0.25) is 4.68 Å². The Morgan fingerprint density at radius 1 is 1.47 bits per heavy atom. The minimum Gasteiger partial charge on any atom is -0.381 e. The summed E-state index contributed by atoms with van der Waals surface area (Å²) in [5, 5.41) is 4.41. The van der Waals surface area contributed by atoms with Crippen molar-refractivity contribution in [1.82, 2.24) is 19.3 Å². The molecule has 2 aromatic heterocycles. The number of aryl methyl sites for hydroxylation is 3. The number of H-pyrrole nitrogens is 1. The summed E-state index contributed by atoms with van der Waals surface area (Å²) in [7, 11) is 1.96.